The van der Waals surface area contributed by atoms with Gasteiger partial charge in [0, 0.05) is 19.2 Å². The second-order valence-corrected chi connectivity index (χ2v) is 9.84. The van der Waals surface area contributed by atoms with E-state index >= 15 is 0 Å². The summed E-state index contributed by atoms with van der Waals surface area (Å²) in [6, 6.07) is 4.40. The summed E-state index contributed by atoms with van der Waals surface area (Å²) >= 11 is 1.43. The summed E-state index contributed by atoms with van der Waals surface area (Å²) < 4.78 is 21.4. The fraction of sp³-hybridized carbons (Fsp3) is 0.522. The first-order valence-electron chi connectivity index (χ1n) is 11.8. The van der Waals surface area contributed by atoms with Crippen molar-refractivity contribution in [2.24, 2.45) is 0 Å². The number of hydrogen-bond donors (Lipinski definition) is 0. The molecule has 0 aliphatic carbocycles. The van der Waals surface area contributed by atoms with Crippen LogP contribution in [0, 0.1) is 13.8 Å². The summed E-state index contributed by atoms with van der Waals surface area (Å²) in [5, 5.41) is 13.3. The Morgan fingerprint density at radius 3 is 2.79 bits per heavy atom. The van der Waals surface area contributed by atoms with Crippen molar-refractivity contribution in [3.05, 3.63) is 29.7 Å². The van der Waals surface area contributed by atoms with E-state index in [1.807, 2.05) is 29.4 Å². The van der Waals surface area contributed by atoms with Gasteiger partial charge in [-0.15, -0.1) is 5.10 Å². The second-order valence-electron chi connectivity index (χ2n) is 9.07. The minimum absolute atomic E-state index is 0.0749. The fourth-order valence-electron chi connectivity index (χ4n) is 4.74. The average Bonchev–Trinajstić information content (AvgIpc) is 3.57. The smallest absolute Gasteiger partial charge is 0.150 e. The third-order valence-corrected chi connectivity index (χ3v) is 7.30. The highest BCUT2D eigenvalue weighted by Crippen LogP contribution is 2.38. The molecule has 0 aromatic carbocycles. The largest absolute Gasteiger partial charge is 0.377 e. The number of rotatable bonds is 4. The molecule has 2 aliphatic heterocycles. The quantitative estimate of drug-likeness (QED) is 0.437. The van der Waals surface area contributed by atoms with Crippen LogP contribution in [0.15, 0.2) is 18.3 Å². The molecule has 178 valence electrons. The van der Waals surface area contributed by atoms with Gasteiger partial charge in [0.25, 0.3) is 0 Å². The van der Waals surface area contributed by atoms with Crippen molar-refractivity contribution in [1.82, 2.24) is 34.1 Å². The first kappa shape index (κ1) is 21.6. The van der Waals surface area contributed by atoms with E-state index in [4.69, 9.17) is 23.9 Å². The van der Waals surface area contributed by atoms with Crippen molar-refractivity contribution in [1.29, 1.82) is 0 Å². The zero-order valence-corrected chi connectivity index (χ0v) is 20.5. The fourth-order valence-corrected chi connectivity index (χ4v) is 5.58. The van der Waals surface area contributed by atoms with Crippen molar-refractivity contribution in [3.63, 3.8) is 0 Å². The van der Waals surface area contributed by atoms with Crippen LogP contribution in [0.2, 0.25) is 0 Å². The lowest BCUT2D eigenvalue weighted by Gasteiger charge is -2.34. The number of anilines is 1. The van der Waals surface area contributed by atoms with Gasteiger partial charge in [-0.05, 0) is 57.6 Å². The summed E-state index contributed by atoms with van der Waals surface area (Å²) in [4.78, 5) is 7.45. The van der Waals surface area contributed by atoms with E-state index in [9.17, 15) is 0 Å². The Kier molecular flexibility index (Phi) is 5.54. The molecule has 6 heterocycles. The Hall–Kier alpha value is -2.89. The molecule has 1 unspecified atom stereocenters. The molecule has 11 heteroatoms. The molecule has 0 bridgehead atoms. The molecule has 0 N–H and O–H groups in total. The maximum atomic E-state index is 6.07. The van der Waals surface area contributed by atoms with Crippen molar-refractivity contribution in [2.45, 2.75) is 52.3 Å². The van der Waals surface area contributed by atoms with E-state index in [2.05, 4.69) is 34.3 Å². The second kappa shape index (κ2) is 8.71. The predicted molar refractivity (Wildman–Crippen MR) is 129 cm³/mol. The first-order chi connectivity index (χ1) is 16.6. The maximum absolute atomic E-state index is 6.07. The molecule has 4 aromatic rings. The SMILES string of the molecule is Cc1cn(-c2cc(N3CCOC[C@H]3C)nc3c(-c4cc(C)nn4C4CCCCO4)nsc23)nn1. The molecular weight excluding hydrogens is 452 g/mol. The molecule has 6 rings (SSSR count). The minimum atomic E-state index is -0.0749. The van der Waals surface area contributed by atoms with Crippen molar-refractivity contribution < 1.29 is 9.47 Å². The number of pyridine rings is 1. The highest BCUT2D eigenvalue weighted by molar-refractivity contribution is 7.14. The number of nitrogens with zero attached hydrogens (tertiary/aromatic N) is 8. The molecular formula is C23H28N8O2S. The van der Waals surface area contributed by atoms with Gasteiger partial charge in [0.05, 0.1) is 48.2 Å². The lowest BCUT2D eigenvalue weighted by Crippen LogP contribution is -2.44. The third kappa shape index (κ3) is 3.77. The molecule has 2 saturated heterocycles. The molecule has 2 aliphatic rings. The van der Waals surface area contributed by atoms with Crippen molar-refractivity contribution >= 4 is 27.6 Å². The zero-order valence-electron chi connectivity index (χ0n) is 19.6. The van der Waals surface area contributed by atoms with E-state index in [1.165, 1.54) is 11.5 Å². The van der Waals surface area contributed by atoms with Gasteiger partial charge in [-0.25, -0.2) is 14.3 Å². The number of ether oxygens (including phenoxy) is 2. The zero-order chi connectivity index (χ0) is 23.2. The van der Waals surface area contributed by atoms with Gasteiger partial charge in [0.1, 0.15) is 21.7 Å². The molecule has 0 spiro atoms. The Morgan fingerprint density at radius 2 is 2.03 bits per heavy atom. The van der Waals surface area contributed by atoms with Crippen LogP contribution in [0.1, 0.15) is 43.8 Å². The van der Waals surface area contributed by atoms with Crippen LogP contribution in [0.4, 0.5) is 5.82 Å². The number of aryl methyl sites for hydroxylation is 2. The van der Waals surface area contributed by atoms with Gasteiger partial charge in [-0.1, -0.05) is 5.21 Å². The highest BCUT2D eigenvalue weighted by atomic mass is 32.1. The Balaban J connectivity index is 1.54. The van der Waals surface area contributed by atoms with Crippen LogP contribution in [0.5, 0.6) is 0 Å². The molecule has 2 fully saturated rings. The molecule has 10 nitrogen and oxygen atoms in total. The lowest BCUT2D eigenvalue weighted by molar-refractivity contribution is -0.0385. The molecule has 0 amide bonds. The van der Waals surface area contributed by atoms with E-state index in [0.29, 0.717) is 13.2 Å². The number of fused-ring (bicyclic) bond motifs is 1. The molecule has 34 heavy (non-hydrogen) atoms. The van der Waals surface area contributed by atoms with Crippen LogP contribution >= 0.6 is 11.5 Å². The van der Waals surface area contributed by atoms with Crippen molar-refractivity contribution in [2.75, 3.05) is 31.3 Å². The van der Waals surface area contributed by atoms with Gasteiger partial charge in [0.15, 0.2) is 6.23 Å². The molecule has 4 aromatic heterocycles. The van der Waals surface area contributed by atoms with E-state index in [-0.39, 0.29) is 12.3 Å². The van der Waals surface area contributed by atoms with Gasteiger partial charge in [-0.3, -0.25) is 0 Å². The van der Waals surface area contributed by atoms with Gasteiger partial charge >= 0.3 is 0 Å². The van der Waals surface area contributed by atoms with Crippen LogP contribution in [0.3, 0.4) is 0 Å². The van der Waals surface area contributed by atoms with Crippen molar-refractivity contribution in [3.8, 4) is 17.1 Å². The standard InChI is InChI=1S/C23H28N8O2S/c1-14-10-17(31(26-14)20-6-4-5-8-33-20)21-22-23(34-27-21)18(30-12-15(2)25-28-30)11-19(24-22)29-7-9-32-13-16(29)3/h10-12,16,20H,4-9,13H2,1-3H3/t16-,20?/m1/s1. The first-order valence-corrected chi connectivity index (χ1v) is 12.6. The van der Waals surface area contributed by atoms with E-state index in [1.54, 1.807) is 0 Å². The predicted octanol–water partition coefficient (Wildman–Crippen LogP) is 3.68. The lowest BCUT2D eigenvalue weighted by atomic mass is 10.1. The summed E-state index contributed by atoms with van der Waals surface area (Å²) in [5.74, 6) is 0.893. The average molecular weight is 481 g/mol. The number of aromatic nitrogens is 7. The number of morpholine rings is 1. The van der Waals surface area contributed by atoms with Crippen LogP contribution in [-0.4, -0.2) is 66.5 Å². The molecule has 0 saturated carbocycles. The topological polar surface area (TPSA) is 96.0 Å². The third-order valence-electron chi connectivity index (χ3n) is 6.44. The van der Waals surface area contributed by atoms with E-state index < -0.39 is 0 Å². The van der Waals surface area contributed by atoms with Crippen LogP contribution in [-0.2, 0) is 9.47 Å². The Morgan fingerprint density at radius 1 is 1.12 bits per heavy atom. The summed E-state index contributed by atoms with van der Waals surface area (Å²) in [6.45, 7) is 9.02. The Labute approximate surface area is 201 Å². The Bertz CT molecular complexity index is 1320. The maximum Gasteiger partial charge on any atom is 0.150 e. The summed E-state index contributed by atoms with van der Waals surface area (Å²) in [6.07, 6.45) is 5.03. The summed E-state index contributed by atoms with van der Waals surface area (Å²) in [5.41, 5.74) is 5.35. The van der Waals surface area contributed by atoms with Crippen LogP contribution in [0.25, 0.3) is 27.3 Å². The normalized spacial score (nSPS) is 21.4. The molecule has 2 atom stereocenters. The highest BCUT2D eigenvalue weighted by Gasteiger charge is 2.27. The molecule has 0 radical (unpaired) electrons. The van der Waals surface area contributed by atoms with Gasteiger partial charge in [0.2, 0.25) is 0 Å². The minimum Gasteiger partial charge on any atom is -0.377 e. The van der Waals surface area contributed by atoms with E-state index in [0.717, 1.165) is 76.9 Å². The van der Waals surface area contributed by atoms with Gasteiger partial charge < -0.3 is 14.4 Å². The summed E-state index contributed by atoms with van der Waals surface area (Å²) in [7, 11) is 0. The monoisotopic (exact) mass is 480 g/mol. The van der Waals surface area contributed by atoms with Gasteiger partial charge in [-0.2, -0.15) is 9.47 Å². The van der Waals surface area contributed by atoms with Crippen LogP contribution < -0.4 is 4.90 Å². The number of hydrogen-bond acceptors (Lipinski definition) is 9.